The van der Waals surface area contributed by atoms with Crippen molar-refractivity contribution in [3.8, 4) is 0 Å². The van der Waals surface area contributed by atoms with E-state index < -0.39 is 0 Å². The highest BCUT2D eigenvalue weighted by atomic mass is 16.3. The maximum atomic E-state index is 10.3. The van der Waals surface area contributed by atoms with Gasteiger partial charge in [0.1, 0.15) is 0 Å². The molecule has 0 spiro atoms. The van der Waals surface area contributed by atoms with Crippen LogP contribution in [0.1, 0.15) is 52.9 Å². The molecule has 72 valence electrons. The zero-order valence-corrected chi connectivity index (χ0v) is 8.64. The summed E-state index contributed by atoms with van der Waals surface area (Å²) in [5.41, 5.74) is -0.324. The second kappa shape index (κ2) is 3.78. The second-order valence-electron chi connectivity index (χ2n) is 4.48. The van der Waals surface area contributed by atoms with Crippen LogP contribution in [-0.4, -0.2) is 10.7 Å². The molecule has 0 aliphatic heterocycles. The van der Waals surface area contributed by atoms with Crippen LogP contribution in [-0.2, 0) is 0 Å². The first kappa shape index (κ1) is 10.0. The second-order valence-corrected chi connectivity index (χ2v) is 4.48. The molecule has 1 nitrogen and oxygen atoms in total. The van der Waals surface area contributed by atoms with Crippen molar-refractivity contribution in [1.82, 2.24) is 0 Å². The molecule has 1 fully saturated rings. The molecule has 1 rings (SSSR count). The molecule has 1 aliphatic rings. The van der Waals surface area contributed by atoms with Gasteiger partial charge in [-0.25, -0.2) is 0 Å². The molecule has 0 aromatic carbocycles. The SMILES string of the molecule is CCC(C)C(C)C1(O)CCCC1. The van der Waals surface area contributed by atoms with Gasteiger partial charge in [0.05, 0.1) is 5.60 Å². The summed E-state index contributed by atoms with van der Waals surface area (Å²) in [6.07, 6.45) is 5.68. The van der Waals surface area contributed by atoms with E-state index in [9.17, 15) is 5.11 Å². The molecule has 1 heteroatoms. The third-order valence-corrected chi connectivity index (χ3v) is 3.81. The Hall–Kier alpha value is -0.0400. The van der Waals surface area contributed by atoms with Gasteiger partial charge in [-0.3, -0.25) is 0 Å². The summed E-state index contributed by atoms with van der Waals surface area (Å²) in [7, 11) is 0. The van der Waals surface area contributed by atoms with E-state index in [1.54, 1.807) is 0 Å². The normalized spacial score (nSPS) is 27.0. The van der Waals surface area contributed by atoms with Gasteiger partial charge in [0.25, 0.3) is 0 Å². The fraction of sp³-hybridized carbons (Fsp3) is 1.00. The maximum absolute atomic E-state index is 10.3. The van der Waals surface area contributed by atoms with Crippen LogP contribution in [0, 0.1) is 11.8 Å². The van der Waals surface area contributed by atoms with Crippen LogP contribution in [0.15, 0.2) is 0 Å². The van der Waals surface area contributed by atoms with Crippen molar-refractivity contribution in [3.05, 3.63) is 0 Å². The molecule has 1 aliphatic carbocycles. The van der Waals surface area contributed by atoms with Crippen molar-refractivity contribution >= 4 is 0 Å². The Kier molecular flexibility index (Phi) is 3.16. The molecular weight excluding hydrogens is 148 g/mol. The summed E-state index contributed by atoms with van der Waals surface area (Å²) in [5, 5.41) is 10.3. The zero-order chi connectivity index (χ0) is 9.19. The van der Waals surface area contributed by atoms with Gasteiger partial charge in [-0.1, -0.05) is 40.0 Å². The average Bonchev–Trinajstić information content (AvgIpc) is 2.50. The highest BCUT2D eigenvalue weighted by Gasteiger charge is 2.38. The zero-order valence-electron chi connectivity index (χ0n) is 8.64. The fourth-order valence-corrected chi connectivity index (χ4v) is 2.33. The quantitative estimate of drug-likeness (QED) is 0.690. The number of hydrogen-bond donors (Lipinski definition) is 1. The van der Waals surface area contributed by atoms with Gasteiger partial charge in [-0.15, -0.1) is 0 Å². The number of rotatable bonds is 3. The summed E-state index contributed by atoms with van der Waals surface area (Å²) in [6, 6.07) is 0. The monoisotopic (exact) mass is 170 g/mol. The highest BCUT2D eigenvalue weighted by molar-refractivity contribution is 4.90. The maximum Gasteiger partial charge on any atom is 0.0675 e. The molecule has 0 bridgehead atoms. The van der Waals surface area contributed by atoms with Gasteiger partial charge in [-0.2, -0.15) is 0 Å². The predicted molar refractivity (Wildman–Crippen MR) is 52.0 cm³/mol. The third kappa shape index (κ3) is 1.82. The Morgan fingerprint density at radius 2 is 1.75 bits per heavy atom. The van der Waals surface area contributed by atoms with Crippen LogP contribution in [0.2, 0.25) is 0 Å². The van der Waals surface area contributed by atoms with Crippen LogP contribution in [0.25, 0.3) is 0 Å². The van der Waals surface area contributed by atoms with Gasteiger partial charge in [0.15, 0.2) is 0 Å². The minimum absolute atomic E-state index is 0.324. The standard InChI is InChI=1S/C11H22O/c1-4-9(2)10(3)11(12)7-5-6-8-11/h9-10,12H,4-8H2,1-3H3. The molecule has 0 aromatic rings. The van der Waals surface area contributed by atoms with Crippen molar-refractivity contribution < 1.29 is 5.11 Å². The van der Waals surface area contributed by atoms with Gasteiger partial charge in [0, 0.05) is 0 Å². The molecule has 0 aromatic heterocycles. The molecule has 12 heavy (non-hydrogen) atoms. The van der Waals surface area contributed by atoms with E-state index in [4.69, 9.17) is 0 Å². The van der Waals surface area contributed by atoms with E-state index in [1.807, 2.05) is 0 Å². The molecule has 1 N–H and O–H groups in total. The average molecular weight is 170 g/mol. The summed E-state index contributed by atoms with van der Waals surface area (Å²) in [6.45, 7) is 6.67. The topological polar surface area (TPSA) is 20.2 Å². The Morgan fingerprint density at radius 1 is 1.25 bits per heavy atom. The summed E-state index contributed by atoms with van der Waals surface area (Å²) in [5.74, 6) is 1.14. The highest BCUT2D eigenvalue weighted by Crippen LogP contribution is 2.39. The van der Waals surface area contributed by atoms with Gasteiger partial charge in [0.2, 0.25) is 0 Å². The molecule has 0 heterocycles. The van der Waals surface area contributed by atoms with Gasteiger partial charge < -0.3 is 5.11 Å². The smallest absolute Gasteiger partial charge is 0.0675 e. The third-order valence-electron chi connectivity index (χ3n) is 3.81. The van der Waals surface area contributed by atoms with Crippen molar-refractivity contribution in [2.45, 2.75) is 58.5 Å². The lowest BCUT2D eigenvalue weighted by atomic mass is 9.78. The fourth-order valence-electron chi connectivity index (χ4n) is 2.33. The first-order valence-corrected chi connectivity index (χ1v) is 5.32. The lowest BCUT2D eigenvalue weighted by Crippen LogP contribution is -2.36. The predicted octanol–water partition coefficient (Wildman–Crippen LogP) is 2.97. The van der Waals surface area contributed by atoms with E-state index in [0.29, 0.717) is 11.8 Å². The Labute approximate surface area is 76.2 Å². The number of aliphatic hydroxyl groups is 1. The molecule has 1 saturated carbocycles. The van der Waals surface area contributed by atoms with Crippen molar-refractivity contribution in [1.29, 1.82) is 0 Å². The Bertz CT molecular complexity index is 136. The molecule has 0 amide bonds. The van der Waals surface area contributed by atoms with E-state index in [0.717, 1.165) is 12.8 Å². The first-order valence-electron chi connectivity index (χ1n) is 5.32. The van der Waals surface area contributed by atoms with E-state index in [-0.39, 0.29) is 5.60 Å². The van der Waals surface area contributed by atoms with Crippen LogP contribution >= 0.6 is 0 Å². The van der Waals surface area contributed by atoms with Crippen LogP contribution in [0.4, 0.5) is 0 Å². The minimum atomic E-state index is -0.324. The first-order chi connectivity index (χ1) is 5.60. The van der Waals surface area contributed by atoms with Crippen LogP contribution in [0.5, 0.6) is 0 Å². The summed E-state index contributed by atoms with van der Waals surface area (Å²) in [4.78, 5) is 0. The molecule has 0 radical (unpaired) electrons. The Morgan fingerprint density at radius 3 is 2.17 bits per heavy atom. The van der Waals surface area contributed by atoms with Crippen molar-refractivity contribution in [3.63, 3.8) is 0 Å². The summed E-state index contributed by atoms with van der Waals surface area (Å²) >= 11 is 0. The van der Waals surface area contributed by atoms with E-state index in [1.165, 1.54) is 19.3 Å². The molecular formula is C11H22O. The van der Waals surface area contributed by atoms with Crippen molar-refractivity contribution in [2.75, 3.05) is 0 Å². The van der Waals surface area contributed by atoms with Crippen molar-refractivity contribution in [2.24, 2.45) is 11.8 Å². The lowest BCUT2D eigenvalue weighted by Gasteiger charge is -2.33. The number of hydrogen-bond acceptors (Lipinski definition) is 1. The molecule has 2 atom stereocenters. The minimum Gasteiger partial charge on any atom is -0.390 e. The molecule has 2 unspecified atom stereocenters. The van der Waals surface area contributed by atoms with Gasteiger partial charge in [-0.05, 0) is 24.7 Å². The molecule has 0 saturated heterocycles. The lowest BCUT2D eigenvalue weighted by molar-refractivity contribution is -0.0265. The van der Waals surface area contributed by atoms with Crippen LogP contribution in [0.3, 0.4) is 0 Å². The van der Waals surface area contributed by atoms with E-state index >= 15 is 0 Å². The Balaban J connectivity index is 2.54. The van der Waals surface area contributed by atoms with Crippen LogP contribution < -0.4 is 0 Å². The van der Waals surface area contributed by atoms with E-state index in [2.05, 4.69) is 20.8 Å². The largest absolute Gasteiger partial charge is 0.390 e. The van der Waals surface area contributed by atoms with Gasteiger partial charge >= 0.3 is 0 Å². The summed E-state index contributed by atoms with van der Waals surface area (Å²) < 4.78 is 0.